The van der Waals surface area contributed by atoms with Crippen LogP contribution >= 0.6 is 27.3 Å². The van der Waals surface area contributed by atoms with Crippen molar-refractivity contribution in [2.45, 2.75) is 32.2 Å². The van der Waals surface area contributed by atoms with E-state index in [2.05, 4.69) is 45.8 Å². The number of imidazole rings is 1. The van der Waals surface area contributed by atoms with Gasteiger partial charge in [-0.15, -0.1) is 11.3 Å². The summed E-state index contributed by atoms with van der Waals surface area (Å²) in [6, 6.07) is 4.22. The van der Waals surface area contributed by atoms with E-state index < -0.39 is 0 Å². The SMILES string of the molecule is C[C@H]1CCCn2cc(-c3ccc(Br)s3)nc21. The van der Waals surface area contributed by atoms with Gasteiger partial charge in [0, 0.05) is 18.7 Å². The normalized spacial score (nSPS) is 19.8. The zero-order chi connectivity index (χ0) is 11.1. The molecule has 0 fully saturated rings. The lowest BCUT2D eigenvalue weighted by atomic mass is 10.0. The van der Waals surface area contributed by atoms with Crippen LogP contribution in [0.3, 0.4) is 0 Å². The van der Waals surface area contributed by atoms with Gasteiger partial charge in [-0.1, -0.05) is 6.92 Å². The van der Waals surface area contributed by atoms with Crippen molar-refractivity contribution in [2.24, 2.45) is 0 Å². The third-order valence-corrected chi connectivity index (χ3v) is 4.76. The fraction of sp³-hybridized carbons (Fsp3) is 0.417. The second-order valence-corrected chi connectivity index (χ2v) is 6.79. The van der Waals surface area contributed by atoms with Crippen LogP contribution in [0.2, 0.25) is 0 Å². The second-order valence-electron chi connectivity index (χ2n) is 4.32. The molecule has 0 saturated heterocycles. The molecule has 1 aliphatic rings. The molecular weight excluding hydrogens is 284 g/mol. The molecule has 0 aliphatic carbocycles. The van der Waals surface area contributed by atoms with E-state index in [0.717, 1.165) is 12.2 Å². The van der Waals surface area contributed by atoms with Crippen LogP contribution in [-0.4, -0.2) is 9.55 Å². The Bertz CT molecular complexity index is 515. The van der Waals surface area contributed by atoms with E-state index in [0.29, 0.717) is 5.92 Å². The van der Waals surface area contributed by atoms with Crippen LogP contribution in [0.5, 0.6) is 0 Å². The van der Waals surface area contributed by atoms with Crippen molar-refractivity contribution in [3.05, 3.63) is 27.9 Å². The Hall–Kier alpha value is -0.610. The van der Waals surface area contributed by atoms with Gasteiger partial charge < -0.3 is 4.57 Å². The Morgan fingerprint density at radius 1 is 1.50 bits per heavy atom. The Morgan fingerprint density at radius 3 is 3.06 bits per heavy atom. The van der Waals surface area contributed by atoms with Gasteiger partial charge in [0.25, 0.3) is 0 Å². The molecule has 0 bridgehead atoms. The number of fused-ring (bicyclic) bond motifs is 1. The number of rotatable bonds is 1. The zero-order valence-electron chi connectivity index (χ0n) is 9.11. The minimum Gasteiger partial charge on any atom is -0.334 e. The molecule has 84 valence electrons. The number of hydrogen-bond donors (Lipinski definition) is 0. The standard InChI is InChI=1S/C12H13BrN2S/c1-8-3-2-6-15-7-9(14-12(8)15)10-4-5-11(13)16-10/h4-5,7-8H,2-3,6H2,1H3/t8-/m0/s1. The topological polar surface area (TPSA) is 17.8 Å². The summed E-state index contributed by atoms with van der Waals surface area (Å²) in [7, 11) is 0. The van der Waals surface area contributed by atoms with Crippen molar-refractivity contribution in [1.82, 2.24) is 9.55 Å². The van der Waals surface area contributed by atoms with Crippen molar-refractivity contribution in [3.8, 4) is 10.6 Å². The predicted molar refractivity (Wildman–Crippen MR) is 70.9 cm³/mol. The third kappa shape index (κ3) is 1.74. The third-order valence-electron chi connectivity index (χ3n) is 3.11. The lowest BCUT2D eigenvalue weighted by molar-refractivity contribution is 0.463. The molecule has 3 heterocycles. The molecule has 3 rings (SSSR count). The maximum Gasteiger partial charge on any atom is 0.112 e. The van der Waals surface area contributed by atoms with Crippen molar-refractivity contribution in [3.63, 3.8) is 0 Å². The van der Waals surface area contributed by atoms with Crippen LogP contribution in [0.4, 0.5) is 0 Å². The monoisotopic (exact) mass is 296 g/mol. The second kappa shape index (κ2) is 4.00. The molecular formula is C12H13BrN2S. The maximum atomic E-state index is 4.77. The first-order chi connectivity index (χ1) is 7.74. The molecule has 2 nitrogen and oxygen atoms in total. The molecule has 0 radical (unpaired) electrons. The molecule has 2 aromatic heterocycles. The Balaban J connectivity index is 2.04. The Kier molecular flexibility index (Phi) is 2.64. The molecule has 1 atom stereocenters. The molecule has 4 heteroatoms. The first kappa shape index (κ1) is 10.5. The number of thiophene rings is 1. The minimum absolute atomic E-state index is 0.603. The first-order valence-corrected chi connectivity index (χ1v) is 7.18. The zero-order valence-corrected chi connectivity index (χ0v) is 11.5. The van der Waals surface area contributed by atoms with Crippen molar-refractivity contribution < 1.29 is 0 Å². The Morgan fingerprint density at radius 2 is 2.38 bits per heavy atom. The summed E-state index contributed by atoms with van der Waals surface area (Å²) in [6.45, 7) is 3.39. The van der Waals surface area contributed by atoms with Gasteiger partial charge in [0.2, 0.25) is 0 Å². The lowest BCUT2D eigenvalue weighted by Crippen LogP contribution is -2.12. The molecule has 1 aliphatic heterocycles. The van der Waals surface area contributed by atoms with E-state index in [1.54, 1.807) is 11.3 Å². The summed E-state index contributed by atoms with van der Waals surface area (Å²) in [5, 5.41) is 0. The first-order valence-electron chi connectivity index (χ1n) is 5.57. The number of hydrogen-bond acceptors (Lipinski definition) is 2. The molecule has 0 saturated carbocycles. The highest BCUT2D eigenvalue weighted by Gasteiger charge is 2.19. The summed E-state index contributed by atoms with van der Waals surface area (Å²) in [5.74, 6) is 1.86. The fourth-order valence-electron chi connectivity index (χ4n) is 2.27. The van der Waals surface area contributed by atoms with Gasteiger partial charge in [0.1, 0.15) is 5.82 Å². The van der Waals surface area contributed by atoms with E-state index in [9.17, 15) is 0 Å². The number of halogens is 1. The van der Waals surface area contributed by atoms with E-state index in [-0.39, 0.29) is 0 Å². The molecule has 0 N–H and O–H groups in total. The Labute approximate surface area is 107 Å². The smallest absolute Gasteiger partial charge is 0.112 e. The number of nitrogens with zero attached hydrogens (tertiary/aromatic N) is 2. The molecule has 2 aromatic rings. The lowest BCUT2D eigenvalue weighted by Gasteiger charge is -2.19. The van der Waals surface area contributed by atoms with Crippen LogP contribution in [0.15, 0.2) is 22.1 Å². The van der Waals surface area contributed by atoms with Crippen molar-refractivity contribution >= 4 is 27.3 Å². The van der Waals surface area contributed by atoms with Gasteiger partial charge in [0.15, 0.2) is 0 Å². The average Bonchev–Trinajstić information content (AvgIpc) is 2.84. The van der Waals surface area contributed by atoms with Gasteiger partial charge in [-0.3, -0.25) is 0 Å². The number of aryl methyl sites for hydroxylation is 1. The minimum atomic E-state index is 0.603. The summed E-state index contributed by atoms with van der Waals surface area (Å²) >= 11 is 5.24. The molecule has 16 heavy (non-hydrogen) atoms. The highest BCUT2D eigenvalue weighted by atomic mass is 79.9. The van der Waals surface area contributed by atoms with Crippen LogP contribution in [-0.2, 0) is 6.54 Å². The van der Waals surface area contributed by atoms with Crippen molar-refractivity contribution in [2.75, 3.05) is 0 Å². The quantitative estimate of drug-likeness (QED) is 0.768. The molecule has 0 unspecified atom stereocenters. The van der Waals surface area contributed by atoms with E-state index >= 15 is 0 Å². The highest BCUT2D eigenvalue weighted by Crippen LogP contribution is 2.33. The fourth-order valence-corrected chi connectivity index (χ4v) is 3.61. The van der Waals surface area contributed by atoms with E-state index in [1.165, 1.54) is 27.3 Å². The van der Waals surface area contributed by atoms with Gasteiger partial charge in [-0.05, 0) is 40.9 Å². The maximum absolute atomic E-state index is 4.77. The average molecular weight is 297 g/mol. The van der Waals surface area contributed by atoms with Crippen LogP contribution in [0, 0.1) is 0 Å². The van der Waals surface area contributed by atoms with Gasteiger partial charge in [-0.2, -0.15) is 0 Å². The highest BCUT2D eigenvalue weighted by molar-refractivity contribution is 9.11. The summed E-state index contributed by atoms with van der Waals surface area (Å²) in [4.78, 5) is 6.02. The van der Waals surface area contributed by atoms with Gasteiger partial charge in [0.05, 0.1) is 14.4 Å². The molecule has 0 spiro atoms. The van der Waals surface area contributed by atoms with Gasteiger partial charge >= 0.3 is 0 Å². The predicted octanol–water partition coefficient (Wildman–Crippen LogP) is 4.27. The summed E-state index contributed by atoms with van der Waals surface area (Å²) in [5.41, 5.74) is 1.12. The summed E-state index contributed by atoms with van der Waals surface area (Å²) in [6.07, 6.45) is 4.74. The molecule has 0 amide bonds. The van der Waals surface area contributed by atoms with Crippen LogP contribution in [0.1, 0.15) is 31.5 Å². The summed E-state index contributed by atoms with van der Waals surface area (Å²) < 4.78 is 3.48. The van der Waals surface area contributed by atoms with E-state index in [1.807, 2.05) is 0 Å². The van der Waals surface area contributed by atoms with Crippen molar-refractivity contribution in [1.29, 1.82) is 0 Å². The van der Waals surface area contributed by atoms with E-state index in [4.69, 9.17) is 4.98 Å². The number of aromatic nitrogens is 2. The van der Waals surface area contributed by atoms with Gasteiger partial charge in [-0.25, -0.2) is 4.98 Å². The molecule has 0 aromatic carbocycles. The van der Waals surface area contributed by atoms with Crippen LogP contribution < -0.4 is 0 Å². The van der Waals surface area contributed by atoms with Crippen LogP contribution in [0.25, 0.3) is 10.6 Å². The largest absolute Gasteiger partial charge is 0.334 e.